The van der Waals surface area contributed by atoms with Gasteiger partial charge in [-0.3, -0.25) is 9.59 Å². The first-order chi connectivity index (χ1) is 22.8. The monoisotopic (exact) mass is 782 g/mol. The van der Waals surface area contributed by atoms with Crippen LogP contribution in [0.2, 0.25) is 0 Å². The Labute approximate surface area is 309 Å². The molecule has 0 aliphatic rings. The lowest BCUT2D eigenvalue weighted by Crippen LogP contribution is -2.32. The molecule has 49 heavy (non-hydrogen) atoms. The van der Waals surface area contributed by atoms with Gasteiger partial charge in [0.25, 0.3) is 11.8 Å². The van der Waals surface area contributed by atoms with E-state index in [2.05, 4.69) is 141 Å². The Morgan fingerprint density at radius 3 is 1.04 bits per heavy atom. The van der Waals surface area contributed by atoms with Crippen LogP contribution in [0, 0.1) is 3.57 Å². The largest absolute Gasteiger partial charge is 0.480 e. The van der Waals surface area contributed by atoms with Crippen LogP contribution < -0.4 is 20.1 Å². The second kappa shape index (κ2) is 17.2. The van der Waals surface area contributed by atoms with Gasteiger partial charge in [-0.2, -0.15) is 0 Å². The number of amides is 2. The molecule has 0 radical (unpaired) electrons. The molecule has 0 fully saturated rings. The third kappa shape index (κ3) is 10.0. The normalized spacial score (nSPS) is 13.1. The van der Waals surface area contributed by atoms with E-state index in [0.717, 1.165) is 33.6 Å². The minimum absolute atomic E-state index is 0.221. The van der Waals surface area contributed by atoms with Gasteiger partial charge < -0.3 is 20.1 Å². The maximum atomic E-state index is 13.6. The van der Waals surface area contributed by atoms with Crippen molar-refractivity contribution in [3.8, 4) is 11.5 Å². The lowest BCUT2D eigenvalue weighted by molar-refractivity contribution is -0.122. The number of hydrogen-bond donors (Lipinski definition) is 2. The number of rotatable bonds is 14. The molecule has 268 valence electrons. The molecule has 2 N–H and O–H groups in total. The summed E-state index contributed by atoms with van der Waals surface area (Å²) in [5.41, 5.74) is 8.81. The van der Waals surface area contributed by atoms with Gasteiger partial charge >= 0.3 is 0 Å². The van der Waals surface area contributed by atoms with E-state index in [9.17, 15) is 9.59 Å². The molecule has 7 heteroatoms. The SMILES string of the molecule is CC(C)c1cc(C(C)C)c(NC(=O)[C@@H](C)Oc2cccc(O[C@H](C)C(=O)Nc3c(C(C)C)cc(C(C)C)cc3C(C)C)c2I)c(C(C)C)c1. The smallest absolute Gasteiger partial charge is 0.265 e. The zero-order chi connectivity index (χ0) is 36.9. The van der Waals surface area contributed by atoms with Crippen LogP contribution in [0.25, 0.3) is 0 Å². The molecular formula is C42H59IN2O4. The van der Waals surface area contributed by atoms with Gasteiger partial charge in [-0.15, -0.1) is 0 Å². The molecule has 3 aromatic rings. The van der Waals surface area contributed by atoms with Crippen molar-refractivity contribution in [3.63, 3.8) is 0 Å². The molecule has 0 heterocycles. The molecule has 2 atom stereocenters. The number of ether oxygens (including phenoxy) is 2. The van der Waals surface area contributed by atoms with Crippen molar-refractivity contribution in [3.05, 3.63) is 79.4 Å². The number of halogens is 1. The van der Waals surface area contributed by atoms with Gasteiger partial charge in [0.15, 0.2) is 12.2 Å². The molecule has 0 saturated heterocycles. The van der Waals surface area contributed by atoms with Gasteiger partial charge in [-0.05, 0) is 117 Å². The molecule has 3 rings (SSSR count). The second-order valence-electron chi connectivity index (χ2n) is 15.1. The molecular weight excluding hydrogens is 723 g/mol. The van der Waals surface area contributed by atoms with E-state index in [-0.39, 0.29) is 35.5 Å². The first-order valence-electron chi connectivity index (χ1n) is 17.9. The first-order valence-corrected chi connectivity index (χ1v) is 19.0. The van der Waals surface area contributed by atoms with E-state index in [1.807, 2.05) is 18.2 Å². The van der Waals surface area contributed by atoms with Crippen LogP contribution in [-0.4, -0.2) is 24.0 Å². The lowest BCUT2D eigenvalue weighted by atomic mass is 9.87. The van der Waals surface area contributed by atoms with Crippen molar-refractivity contribution in [1.29, 1.82) is 0 Å². The van der Waals surface area contributed by atoms with Crippen molar-refractivity contribution in [1.82, 2.24) is 0 Å². The zero-order valence-electron chi connectivity index (χ0n) is 32.2. The van der Waals surface area contributed by atoms with Crippen molar-refractivity contribution in [2.24, 2.45) is 0 Å². The Kier molecular flexibility index (Phi) is 14.2. The van der Waals surface area contributed by atoms with E-state index in [1.54, 1.807) is 13.8 Å². The maximum absolute atomic E-state index is 13.6. The molecule has 0 aromatic heterocycles. The van der Waals surface area contributed by atoms with Crippen molar-refractivity contribution in [2.45, 2.75) is 145 Å². The Morgan fingerprint density at radius 1 is 0.510 bits per heavy atom. The summed E-state index contributed by atoms with van der Waals surface area (Å²) in [4.78, 5) is 27.2. The lowest BCUT2D eigenvalue weighted by Gasteiger charge is -2.25. The highest BCUT2D eigenvalue weighted by Crippen LogP contribution is 2.38. The number of nitrogens with one attached hydrogen (secondary N) is 2. The summed E-state index contributed by atoms with van der Waals surface area (Å²) in [6.45, 7) is 29.5. The van der Waals surface area contributed by atoms with E-state index in [4.69, 9.17) is 9.47 Å². The second-order valence-corrected chi connectivity index (χ2v) is 16.2. The molecule has 0 aliphatic heterocycles. The molecule has 0 spiro atoms. The number of carbonyl (C=O) groups is 2. The summed E-state index contributed by atoms with van der Waals surface area (Å²) in [5.74, 6) is 2.33. The number of carbonyl (C=O) groups excluding carboxylic acids is 2. The van der Waals surface area contributed by atoms with Crippen LogP contribution in [0.15, 0.2) is 42.5 Å². The van der Waals surface area contributed by atoms with Crippen molar-refractivity contribution < 1.29 is 19.1 Å². The standard InChI is InChI=1S/C42H59IN2O4/c1-22(2)30-18-32(24(5)6)39(33(19-30)25(7)8)44-41(46)28(13)48-36-16-15-17-37(38(36)43)49-29(14)42(47)45-40-34(26(9)10)20-31(23(3)4)21-35(40)27(11)12/h15-29H,1-14H3,(H,44,46)(H,45,47)/t28-,29-/m1/s1. The highest BCUT2D eigenvalue weighted by atomic mass is 127. The van der Waals surface area contributed by atoms with Gasteiger partial charge in [0, 0.05) is 11.4 Å². The molecule has 0 aliphatic carbocycles. The molecule has 0 saturated carbocycles. The predicted octanol–water partition coefficient (Wildman–Crippen LogP) is 11.8. The number of anilines is 2. The van der Waals surface area contributed by atoms with E-state index in [1.165, 1.54) is 11.1 Å². The third-order valence-electron chi connectivity index (χ3n) is 9.03. The summed E-state index contributed by atoms with van der Waals surface area (Å²) < 4.78 is 13.2. The minimum Gasteiger partial charge on any atom is -0.480 e. The zero-order valence-corrected chi connectivity index (χ0v) is 34.3. The van der Waals surface area contributed by atoms with Crippen LogP contribution in [0.3, 0.4) is 0 Å². The summed E-state index contributed by atoms with van der Waals surface area (Å²) in [5, 5.41) is 6.43. The number of benzene rings is 3. The fourth-order valence-corrected chi connectivity index (χ4v) is 6.42. The van der Waals surface area contributed by atoms with E-state index >= 15 is 0 Å². The van der Waals surface area contributed by atoms with Crippen LogP contribution >= 0.6 is 22.6 Å². The highest BCUT2D eigenvalue weighted by Gasteiger charge is 2.25. The topological polar surface area (TPSA) is 76.7 Å². The average Bonchev–Trinajstić information content (AvgIpc) is 3.01. The maximum Gasteiger partial charge on any atom is 0.265 e. The minimum atomic E-state index is -0.771. The summed E-state index contributed by atoms with van der Waals surface area (Å²) in [7, 11) is 0. The molecule has 6 nitrogen and oxygen atoms in total. The van der Waals surface area contributed by atoms with Gasteiger partial charge in [-0.25, -0.2) is 0 Å². The summed E-state index contributed by atoms with van der Waals surface area (Å²) in [6.07, 6.45) is -1.54. The third-order valence-corrected chi connectivity index (χ3v) is 10.1. The molecule has 2 amide bonds. The molecule has 0 bridgehead atoms. The van der Waals surface area contributed by atoms with Gasteiger partial charge in [0.05, 0.1) is 3.57 Å². The fraction of sp³-hybridized carbons (Fsp3) is 0.524. The molecule has 0 unspecified atom stereocenters. The van der Waals surface area contributed by atoms with Crippen LogP contribution in [0.4, 0.5) is 11.4 Å². The van der Waals surface area contributed by atoms with E-state index < -0.39 is 12.2 Å². The highest BCUT2D eigenvalue weighted by molar-refractivity contribution is 14.1. The van der Waals surface area contributed by atoms with Crippen molar-refractivity contribution in [2.75, 3.05) is 10.6 Å². The predicted molar refractivity (Wildman–Crippen MR) is 214 cm³/mol. The summed E-state index contributed by atoms with van der Waals surface area (Å²) >= 11 is 2.16. The van der Waals surface area contributed by atoms with Crippen LogP contribution in [-0.2, 0) is 9.59 Å². The Hall–Kier alpha value is -3.07. The van der Waals surface area contributed by atoms with Gasteiger partial charge in [0.2, 0.25) is 0 Å². The number of hydrogen-bond acceptors (Lipinski definition) is 4. The Morgan fingerprint density at radius 2 is 0.796 bits per heavy atom. The first kappa shape index (κ1) is 40.4. The Bertz CT molecular complexity index is 1450. The van der Waals surface area contributed by atoms with Crippen LogP contribution in [0.5, 0.6) is 11.5 Å². The quantitative estimate of drug-likeness (QED) is 0.160. The molecule has 3 aromatic carbocycles. The van der Waals surface area contributed by atoms with E-state index in [0.29, 0.717) is 26.9 Å². The van der Waals surface area contributed by atoms with Crippen molar-refractivity contribution >= 4 is 45.8 Å². The summed E-state index contributed by atoms with van der Waals surface area (Å²) in [6, 6.07) is 14.3. The van der Waals surface area contributed by atoms with Crippen LogP contribution in [0.1, 0.15) is 166 Å². The average molecular weight is 783 g/mol. The van der Waals surface area contributed by atoms with Gasteiger partial charge in [0.1, 0.15) is 11.5 Å². The fourth-order valence-electron chi connectivity index (χ4n) is 5.81. The Balaban J connectivity index is 1.82. The van der Waals surface area contributed by atoms with Gasteiger partial charge in [-0.1, -0.05) is 113 Å².